The third-order valence-corrected chi connectivity index (χ3v) is 3.12. The Balaban J connectivity index is 2.06. The molecule has 0 saturated carbocycles. The number of nitrogens with one attached hydrogen (secondary N) is 1. The molecule has 2 rings (SSSR count). The summed E-state index contributed by atoms with van der Waals surface area (Å²) in [5, 5.41) is 12.5. The summed E-state index contributed by atoms with van der Waals surface area (Å²) in [5.41, 5.74) is -0.0779. The quantitative estimate of drug-likeness (QED) is 0.413. The van der Waals surface area contributed by atoms with Gasteiger partial charge in [-0.05, 0) is 37.5 Å². The van der Waals surface area contributed by atoms with Crippen LogP contribution in [0.25, 0.3) is 0 Å². The van der Waals surface area contributed by atoms with Crippen molar-refractivity contribution in [2.45, 2.75) is 25.3 Å². The van der Waals surface area contributed by atoms with Gasteiger partial charge in [-0.25, -0.2) is 10.6 Å². The Morgan fingerprint density at radius 2 is 2.17 bits per heavy atom. The van der Waals surface area contributed by atoms with E-state index < -0.39 is 17.5 Å². The molecular formula is C12H15N3O3. The molecule has 0 radical (unpaired) electrons. The number of amides is 3. The summed E-state index contributed by atoms with van der Waals surface area (Å²) in [4.78, 5) is 23.1. The van der Waals surface area contributed by atoms with Gasteiger partial charge in [0.2, 0.25) is 0 Å². The molecule has 1 fully saturated rings. The standard InChI is InChI=1S/C12H15N3O3/c1-12(10(17)15(13)11(18)14-12)6-5-8-3-2-4-9(16)7-8/h2-4,7,16H,5-6,13H2,1H3,(H,14,18). The molecular weight excluding hydrogens is 234 g/mol. The van der Waals surface area contributed by atoms with Gasteiger partial charge in [0.05, 0.1) is 0 Å². The molecule has 6 nitrogen and oxygen atoms in total. The van der Waals surface area contributed by atoms with Crippen molar-refractivity contribution in [1.29, 1.82) is 0 Å². The lowest BCUT2D eigenvalue weighted by atomic mass is 9.93. The van der Waals surface area contributed by atoms with Crippen LogP contribution in [0.3, 0.4) is 0 Å². The fourth-order valence-electron chi connectivity index (χ4n) is 1.98. The average Bonchev–Trinajstić information content (AvgIpc) is 2.52. The Kier molecular flexibility index (Phi) is 2.96. The number of phenolic OH excluding ortho intramolecular Hbond substituents is 1. The first-order valence-electron chi connectivity index (χ1n) is 5.62. The normalized spacial score (nSPS) is 23.3. The number of aromatic hydroxyl groups is 1. The van der Waals surface area contributed by atoms with Crippen molar-refractivity contribution < 1.29 is 14.7 Å². The highest BCUT2D eigenvalue weighted by Crippen LogP contribution is 2.22. The van der Waals surface area contributed by atoms with Crippen molar-refractivity contribution in [1.82, 2.24) is 10.3 Å². The Hall–Kier alpha value is -2.08. The number of rotatable bonds is 3. The first-order chi connectivity index (χ1) is 8.42. The highest BCUT2D eigenvalue weighted by Gasteiger charge is 2.46. The van der Waals surface area contributed by atoms with Crippen LogP contribution in [0.1, 0.15) is 18.9 Å². The molecule has 0 aromatic heterocycles. The van der Waals surface area contributed by atoms with Crippen LogP contribution in [-0.4, -0.2) is 27.6 Å². The molecule has 1 aromatic carbocycles. The van der Waals surface area contributed by atoms with E-state index in [4.69, 9.17) is 5.84 Å². The molecule has 4 N–H and O–H groups in total. The molecule has 0 aliphatic carbocycles. The molecule has 3 amide bonds. The molecule has 1 aliphatic heterocycles. The van der Waals surface area contributed by atoms with Crippen molar-refractivity contribution in [3.63, 3.8) is 0 Å². The number of urea groups is 1. The molecule has 18 heavy (non-hydrogen) atoms. The Bertz CT molecular complexity index is 503. The second kappa shape index (κ2) is 4.30. The Labute approximate surface area is 104 Å². The van der Waals surface area contributed by atoms with Gasteiger partial charge in [0.25, 0.3) is 5.91 Å². The summed E-state index contributed by atoms with van der Waals surface area (Å²) in [6.07, 6.45) is 0.986. The van der Waals surface area contributed by atoms with E-state index in [1.807, 2.05) is 6.07 Å². The van der Waals surface area contributed by atoms with Crippen LogP contribution in [0.2, 0.25) is 0 Å². The third kappa shape index (κ3) is 2.14. The molecule has 1 aliphatic rings. The number of benzene rings is 1. The van der Waals surface area contributed by atoms with Crippen LogP contribution >= 0.6 is 0 Å². The van der Waals surface area contributed by atoms with Gasteiger partial charge in [0.1, 0.15) is 11.3 Å². The lowest BCUT2D eigenvalue weighted by Gasteiger charge is -2.20. The maximum atomic E-state index is 11.8. The average molecular weight is 249 g/mol. The number of hydrogen-bond acceptors (Lipinski definition) is 4. The van der Waals surface area contributed by atoms with Gasteiger partial charge in [0, 0.05) is 0 Å². The minimum Gasteiger partial charge on any atom is -0.508 e. The maximum Gasteiger partial charge on any atom is 0.339 e. The highest BCUT2D eigenvalue weighted by molar-refractivity contribution is 6.06. The molecule has 1 atom stereocenters. The number of hydrogen-bond donors (Lipinski definition) is 3. The summed E-state index contributed by atoms with van der Waals surface area (Å²) >= 11 is 0. The second-order valence-corrected chi connectivity index (χ2v) is 4.61. The summed E-state index contributed by atoms with van der Waals surface area (Å²) in [7, 11) is 0. The van der Waals surface area contributed by atoms with Gasteiger partial charge in [0.15, 0.2) is 0 Å². The highest BCUT2D eigenvalue weighted by atomic mass is 16.3. The zero-order valence-electron chi connectivity index (χ0n) is 10.0. The van der Waals surface area contributed by atoms with Gasteiger partial charge < -0.3 is 10.4 Å². The minimum atomic E-state index is -0.975. The van der Waals surface area contributed by atoms with E-state index in [0.717, 1.165) is 5.56 Å². The number of phenols is 1. The van der Waals surface area contributed by atoms with Crippen LogP contribution in [0, 0.1) is 0 Å². The van der Waals surface area contributed by atoms with Gasteiger partial charge in [-0.15, -0.1) is 0 Å². The van der Waals surface area contributed by atoms with E-state index in [1.54, 1.807) is 25.1 Å². The Morgan fingerprint density at radius 3 is 2.72 bits per heavy atom. The van der Waals surface area contributed by atoms with Gasteiger partial charge in [-0.3, -0.25) is 4.79 Å². The van der Waals surface area contributed by atoms with E-state index in [0.29, 0.717) is 17.9 Å². The van der Waals surface area contributed by atoms with Crippen molar-refractivity contribution in [2.75, 3.05) is 0 Å². The van der Waals surface area contributed by atoms with E-state index in [2.05, 4.69) is 5.32 Å². The van der Waals surface area contributed by atoms with Crippen LogP contribution in [0.5, 0.6) is 5.75 Å². The van der Waals surface area contributed by atoms with Crippen molar-refractivity contribution in [3.8, 4) is 5.75 Å². The van der Waals surface area contributed by atoms with Crippen molar-refractivity contribution >= 4 is 11.9 Å². The lowest BCUT2D eigenvalue weighted by Crippen LogP contribution is -2.45. The van der Waals surface area contributed by atoms with E-state index in [-0.39, 0.29) is 5.75 Å². The van der Waals surface area contributed by atoms with Crippen LogP contribution < -0.4 is 11.2 Å². The van der Waals surface area contributed by atoms with E-state index in [1.165, 1.54) is 0 Å². The third-order valence-electron chi connectivity index (χ3n) is 3.12. The predicted octanol–water partition coefficient (Wildman–Crippen LogP) is 0.509. The lowest BCUT2D eigenvalue weighted by molar-refractivity contribution is -0.131. The van der Waals surface area contributed by atoms with Gasteiger partial charge in [-0.2, -0.15) is 5.01 Å². The zero-order valence-corrected chi connectivity index (χ0v) is 10.0. The number of carbonyl (C=O) groups is 2. The molecule has 6 heteroatoms. The summed E-state index contributed by atoms with van der Waals surface area (Å²) in [6, 6.07) is 6.21. The fourth-order valence-corrected chi connectivity index (χ4v) is 1.98. The van der Waals surface area contributed by atoms with Crippen LogP contribution in [-0.2, 0) is 11.2 Å². The summed E-state index contributed by atoms with van der Waals surface area (Å²) < 4.78 is 0. The molecule has 1 aromatic rings. The first-order valence-corrected chi connectivity index (χ1v) is 5.62. The topological polar surface area (TPSA) is 95.7 Å². The molecule has 96 valence electrons. The number of nitrogens with zero attached hydrogens (tertiary/aromatic N) is 1. The monoisotopic (exact) mass is 249 g/mol. The molecule has 1 heterocycles. The number of aryl methyl sites for hydroxylation is 1. The number of carbonyl (C=O) groups excluding carboxylic acids is 2. The first kappa shape index (κ1) is 12.4. The Morgan fingerprint density at radius 1 is 1.44 bits per heavy atom. The number of nitrogens with two attached hydrogens (primary N) is 1. The van der Waals surface area contributed by atoms with Crippen LogP contribution in [0.15, 0.2) is 24.3 Å². The molecule has 0 bridgehead atoms. The van der Waals surface area contributed by atoms with Crippen molar-refractivity contribution in [2.24, 2.45) is 5.84 Å². The van der Waals surface area contributed by atoms with E-state index >= 15 is 0 Å². The fraction of sp³-hybridized carbons (Fsp3) is 0.333. The summed E-state index contributed by atoms with van der Waals surface area (Å²) in [5.74, 6) is 5.07. The molecule has 1 saturated heterocycles. The SMILES string of the molecule is CC1(CCc2cccc(O)c2)NC(=O)N(N)C1=O. The number of imide groups is 1. The van der Waals surface area contributed by atoms with E-state index in [9.17, 15) is 14.7 Å². The summed E-state index contributed by atoms with van der Waals surface area (Å²) in [6.45, 7) is 1.64. The van der Waals surface area contributed by atoms with Gasteiger partial charge in [-0.1, -0.05) is 12.1 Å². The predicted molar refractivity (Wildman–Crippen MR) is 64.4 cm³/mol. The van der Waals surface area contributed by atoms with Crippen molar-refractivity contribution in [3.05, 3.63) is 29.8 Å². The van der Waals surface area contributed by atoms with Gasteiger partial charge >= 0.3 is 6.03 Å². The molecule has 0 spiro atoms. The van der Waals surface area contributed by atoms with Crippen LogP contribution in [0.4, 0.5) is 4.79 Å². The maximum absolute atomic E-state index is 11.8. The zero-order chi connectivity index (χ0) is 13.3. The smallest absolute Gasteiger partial charge is 0.339 e. The largest absolute Gasteiger partial charge is 0.508 e. The minimum absolute atomic E-state index is 0.180. The second-order valence-electron chi connectivity index (χ2n) is 4.61. The number of hydrazine groups is 1. The molecule has 1 unspecified atom stereocenters.